The molecule has 1 heterocycles. The maximum atomic E-state index is 13.5. The maximum Gasteiger partial charge on any atom is 0.323 e. The van der Waals surface area contributed by atoms with Crippen LogP contribution in [0.25, 0.3) is 0 Å². The number of carbonyl (C=O) groups excluding carboxylic acids is 2. The second kappa shape index (κ2) is 11.1. The van der Waals surface area contributed by atoms with Crippen LogP contribution in [0.2, 0.25) is 0 Å². The van der Waals surface area contributed by atoms with Gasteiger partial charge in [0, 0.05) is 63.5 Å². The largest absolute Gasteiger partial charge is 0.487 e. The van der Waals surface area contributed by atoms with Gasteiger partial charge in [0.05, 0.1) is 9.40 Å². The van der Waals surface area contributed by atoms with Gasteiger partial charge < -0.3 is 14.7 Å². The van der Waals surface area contributed by atoms with Gasteiger partial charge in [0.15, 0.2) is 11.6 Å². The molecule has 0 aromatic heterocycles. The number of ketones is 2. The molecule has 11 heteroatoms. The summed E-state index contributed by atoms with van der Waals surface area (Å²) in [6.07, 6.45) is 2.96. The molecule has 2 aromatic rings. The first-order chi connectivity index (χ1) is 18.7. The number of rotatable bonds is 7. The number of ether oxygens (including phenoxy) is 1. The lowest BCUT2D eigenvalue weighted by atomic mass is 9.70. The van der Waals surface area contributed by atoms with E-state index in [1.165, 1.54) is 12.1 Å². The Hall–Kier alpha value is -3.31. The standard InChI is InChI=1S/C28H24Br2N2O7/c29-16-11-18(28(19(30)12-16)39-14-15-7-9-17(10-8-15)32(37)38)25-26-20(3-1-5-22(26)33)31(13-24(35)36)21-4-2-6-23(34)27(21)25/h7-12,25H,1-6,13-14H2,(H,35,36). The Kier molecular flexibility index (Phi) is 7.73. The number of nitro groups is 1. The van der Waals surface area contributed by atoms with E-state index in [0.717, 1.165) is 4.47 Å². The Morgan fingerprint density at radius 1 is 1.00 bits per heavy atom. The molecule has 0 spiro atoms. The second-order valence-corrected chi connectivity index (χ2v) is 11.5. The lowest BCUT2D eigenvalue weighted by Gasteiger charge is -2.43. The number of carboxylic acid groups (broad SMARTS) is 1. The number of benzene rings is 2. The number of hydrogen-bond donors (Lipinski definition) is 1. The maximum absolute atomic E-state index is 13.5. The van der Waals surface area contributed by atoms with Crippen molar-refractivity contribution >= 4 is 55.1 Å². The van der Waals surface area contributed by atoms with Crippen molar-refractivity contribution < 1.29 is 29.2 Å². The van der Waals surface area contributed by atoms with Crippen molar-refractivity contribution in [2.24, 2.45) is 0 Å². The fraction of sp³-hybridized carbons (Fsp3) is 0.321. The molecule has 3 aliphatic rings. The number of nitrogens with zero attached hydrogens (tertiary/aromatic N) is 2. The molecule has 0 amide bonds. The molecule has 0 bridgehead atoms. The van der Waals surface area contributed by atoms with Crippen molar-refractivity contribution in [1.29, 1.82) is 0 Å². The predicted octanol–water partition coefficient (Wildman–Crippen LogP) is 6.20. The highest BCUT2D eigenvalue weighted by atomic mass is 79.9. The molecule has 2 aliphatic carbocycles. The monoisotopic (exact) mass is 658 g/mol. The molecule has 39 heavy (non-hydrogen) atoms. The van der Waals surface area contributed by atoms with Crippen LogP contribution in [0.1, 0.15) is 55.6 Å². The van der Waals surface area contributed by atoms with Crippen LogP contribution < -0.4 is 4.74 Å². The second-order valence-electron chi connectivity index (χ2n) is 9.71. The van der Waals surface area contributed by atoms with E-state index in [9.17, 15) is 29.6 Å². The van der Waals surface area contributed by atoms with Gasteiger partial charge in [0.25, 0.3) is 5.69 Å². The van der Waals surface area contributed by atoms with E-state index in [0.29, 0.717) is 82.4 Å². The molecule has 2 aromatic carbocycles. The molecular formula is C28H24Br2N2O7. The zero-order valence-electron chi connectivity index (χ0n) is 20.7. The summed E-state index contributed by atoms with van der Waals surface area (Å²) in [4.78, 5) is 51.0. The van der Waals surface area contributed by atoms with E-state index < -0.39 is 16.8 Å². The van der Waals surface area contributed by atoms with Gasteiger partial charge >= 0.3 is 5.97 Å². The first-order valence-electron chi connectivity index (χ1n) is 12.5. The number of non-ortho nitro benzene ring substituents is 1. The highest BCUT2D eigenvalue weighted by Crippen LogP contribution is 2.52. The Morgan fingerprint density at radius 2 is 1.59 bits per heavy atom. The highest BCUT2D eigenvalue weighted by molar-refractivity contribution is 9.11. The summed E-state index contributed by atoms with van der Waals surface area (Å²) in [5, 5.41) is 20.7. The summed E-state index contributed by atoms with van der Waals surface area (Å²) >= 11 is 7.13. The minimum Gasteiger partial charge on any atom is -0.487 e. The summed E-state index contributed by atoms with van der Waals surface area (Å²) in [6, 6.07) is 9.70. The number of carbonyl (C=O) groups is 3. The van der Waals surface area contributed by atoms with Gasteiger partial charge in [-0.2, -0.15) is 0 Å². The number of nitro benzene ring substituents is 1. The van der Waals surface area contributed by atoms with Gasteiger partial charge in [-0.15, -0.1) is 0 Å². The van der Waals surface area contributed by atoms with Gasteiger partial charge in [0.2, 0.25) is 0 Å². The number of allylic oxidation sites excluding steroid dienone is 4. The normalized spacial score (nSPS) is 17.7. The number of hydrogen-bond acceptors (Lipinski definition) is 7. The summed E-state index contributed by atoms with van der Waals surface area (Å²) < 4.78 is 7.60. The molecule has 1 N–H and O–H groups in total. The lowest BCUT2D eigenvalue weighted by molar-refractivity contribution is -0.384. The third kappa shape index (κ3) is 5.29. The Balaban J connectivity index is 1.64. The molecule has 0 radical (unpaired) electrons. The van der Waals surface area contributed by atoms with Crippen molar-refractivity contribution in [1.82, 2.24) is 4.90 Å². The molecule has 9 nitrogen and oxygen atoms in total. The lowest BCUT2D eigenvalue weighted by Crippen LogP contribution is -2.41. The van der Waals surface area contributed by atoms with Crippen molar-refractivity contribution in [3.63, 3.8) is 0 Å². The smallest absolute Gasteiger partial charge is 0.323 e. The van der Waals surface area contributed by atoms with Crippen LogP contribution in [0.15, 0.2) is 67.9 Å². The molecule has 0 unspecified atom stereocenters. The number of Topliss-reactive ketones (excluding diaryl/α,β-unsaturated/α-hetero) is 2. The van der Waals surface area contributed by atoms with Gasteiger partial charge in [-0.1, -0.05) is 15.9 Å². The molecular weight excluding hydrogens is 636 g/mol. The van der Waals surface area contributed by atoms with Crippen LogP contribution in [0.5, 0.6) is 5.75 Å². The highest BCUT2D eigenvalue weighted by Gasteiger charge is 2.44. The van der Waals surface area contributed by atoms with Crippen molar-refractivity contribution in [3.05, 3.63) is 89.1 Å². The Morgan fingerprint density at radius 3 is 2.13 bits per heavy atom. The van der Waals surface area contributed by atoms with Crippen LogP contribution in [0.3, 0.4) is 0 Å². The van der Waals surface area contributed by atoms with Gasteiger partial charge in [-0.25, -0.2) is 0 Å². The fourth-order valence-corrected chi connectivity index (χ4v) is 7.04. The Bertz CT molecular complexity index is 1420. The molecule has 0 atom stereocenters. The van der Waals surface area contributed by atoms with E-state index >= 15 is 0 Å². The summed E-state index contributed by atoms with van der Waals surface area (Å²) in [5.41, 5.74) is 3.57. The van der Waals surface area contributed by atoms with Crippen LogP contribution in [0, 0.1) is 10.1 Å². The van der Waals surface area contributed by atoms with Crippen molar-refractivity contribution in [2.75, 3.05) is 6.54 Å². The van der Waals surface area contributed by atoms with Crippen molar-refractivity contribution in [3.8, 4) is 5.75 Å². The first-order valence-corrected chi connectivity index (χ1v) is 14.1. The van der Waals surface area contributed by atoms with Gasteiger partial charge in [0.1, 0.15) is 18.9 Å². The van der Waals surface area contributed by atoms with E-state index in [-0.39, 0.29) is 30.4 Å². The molecule has 5 rings (SSSR count). The fourth-order valence-electron chi connectivity index (χ4n) is 5.67. The minimum absolute atomic E-state index is 0.0251. The zero-order valence-corrected chi connectivity index (χ0v) is 23.9. The molecule has 0 saturated heterocycles. The molecule has 0 saturated carbocycles. The number of carboxylic acids is 1. The van der Waals surface area contributed by atoms with Crippen LogP contribution in [0.4, 0.5) is 5.69 Å². The topological polar surface area (TPSA) is 127 Å². The number of halogens is 2. The van der Waals surface area contributed by atoms with Gasteiger partial charge in [-0.3, -0.25) is 24.5 Å². The van der Waals surface area contributed by atoms with Crippen LogP contribution >= 0.6 is 31.9 Å². The summed E-state index contributed by atoms with van der Waals surface area (Å²) in [5.74, 6) is -1.47. The zero-order chi connectivity index (χ0) is 27.8. The summed E-state index contributed by atoms with van der Waals surface area (Å²) in [6.45, 7) is -0.209. The SMILES string of the molecule is O=C(O)CN1C2=C(C(=O)CCC2)C(c2cc(Br)cc(Br)c2OCc2ccc([N+](=O)[O-])cc2)C2=C1CCCC2=O. The average Bonchev–Trinajstić information content (AvgIpc) is 2.88. The minimum atomic E-state index is -1.03. The Labute approximate surface area is 240 Å². The molecule has 0 fully saturated rings. The van der Waals surface area contributed by atoms with Crippen molar-refractivity contribution in [2.45, 2.75) is 51.0 Å². The number of aliphatic carboxylic acids is 1. The third-order valence-electron chi connectivity index (χ3n) is 7.26. The van der Waals surface area contributed by atoms with Crippen LogP contribution in [-0.2, 0) is 21.0 Å². The quantitative estimate of drug-likeness (QED) is 0.275. The van der Waals surface area contributed by atoms with E-state index in [1.807, 2.05) is 12.1 Å². The third-order valence-corrected chi connectivity index (χ3v) is 8.31. The summed E-state index contributed by atoms with van der Waals surface area (Å²) in [7, 11) is 0. The van der Waals surface area contributed by atoms with Crippen LogP contribution in [-0.4, -0.2) is 39.0 Å². The first kappa shape index (κ1) is 27.3. The van der Waals surface area contributed by atoms with E-state index in [2.05, 4.69) is 31.9 Å². The van der Waals surface area contributed by atoms with Gasteiger partial charge in [-0.05, 0) is 71.4 Å². The molecule has 1 aliphatic heterocycles. The average molecular weight is 660 g/mol. The van der Waals surface area contributed by atoms with E-state index in [1.54, 1.807) is 17.0 Å². The van der Waals surface area contributed by atoms with E-state index in [4.69, 9.17) is 4.74 Å². The predicted molar refractivity (Wildman–Crippen MR) is 148 cm³/mol. The molecule has 202 valence electrons.